The summed E-state index contributed by atoms with van der Waals surface area (Å²) in [6.07, 6.45) is 1.85. The van der Waals surface area contributed by atoms with Crippen LogP contribution in [0.25, 0.3) is 0 Å². The second-order valence-electron chi connectivity index (χ2n) is 4.85. The first-order chi connectivity index (χ1) is 8.99. The van der Waals surface area contributed by atoms with E-state index in [-0.39, 0.29) is 0 Å². The highest BCUT2D eigenvalue weighted by molar-refractivity contribution is 9.10. The molecule has 1 atom stereocenters. The van der Waals surface area contributed by atoms with Crippen LogP contribution in [-0.2, 0) is 14.8 Å². The van der Waals surface area contributed by atoms with E-state index in [2.05, 4.69) is 20.7 Å². The van der Waals surface area contributed by atoms with Gasteiger partial charge in [-0.25, -0.2) is 13.1 Å². The van der Waals surface area contributed by atoms with Crippen LogP contribution in [0, 0.1) is 12.8 Å². The summed E-state index contributed by atoms with van der Waals surface area (Å²) >= 11 is 3.30. The monoisotopic (exact) mass is 347 g/mol. The maximum absolute atomic E-state index is 12.2. The molecule has 0 radical (unpaired) electrons. The van der Waals surface area contributed by atoms with Crippen LogP contribution in [-0.4, -0.2) is 28.2 Å². The summed E-state index contributed by atoms with van der Waals surface area (Å²) in [4.78, 5) is 0.292. The van der Waals surface area contributed by atoms with Crippen molar-refractivity contribution in [2.45, 2.75) is 24.7 Å². The molecule has 0 saturated carbocycles. The molecule has 1 aromatic rings. The highest BCUT2D eigenvalue weighted by Gasteiger charge is 2.19. The first-order valence-electron chi connectivity index (χ1n) is 6.32. The van der Waals surface area contributed by atoms with Gasteiger partial charge in [0, 0.05) is 24.2 Å². The number of aryl methyl sites for hydroxylation is 1. The highest BCUT2D eigenvalue weighted by atomic mass is 79.9. The molecule has 0 bridgehead atoms. The number of ether oxygens (including phenoxy) is 1. The Morgan fingerprint density at radius 1 is 1.47 bits per heavy atom. The van der Waals surface area contributed by atoms with E-state index < -0.39 is 10.0 Å². The Bertz CT molecular complexity index is 539. The Hall–Kier alpha value is -0.430. The van der Waals surface area contributed by atoms with Gasteiger partial charge in [-0.05, 0) is 59.3 Å². The van der Waals surface area contributed by atoms with Crippen LogP contribution in [0.3, 0.4) is 0 Å². The van der Waals surface area contributed by atoms with Crippen molar-refractivity contribution in [3.05, 3.63) is 28.2 Å². The third-order valence-corrected chi connectivity index (χ3v) is 5.68. The summed E-state index contributed by atoms with van der Waals surface area (Å²) < 4.78 is 32.9. The van der Waals surface area contributed by atoms with Crippen molar-refractivity contribution >= 4 is 26.0 Å². The molecule has 1 aromatic carbocycles. The van der Waals surface area contributed by atoms with Gasteiger partial charge in [0.25, 0.3) is 0 Å². The van der Waals surface area contributed by atoms with Crippen LogP contribution in [0.4, 0.5) is 0 Å². The van der Waals surface area contributed by atoms with Crippen molar-refractivity contribution < 1.29 is 13.2 Å². The summed E-state index contributed by atoms with van der Waals surface area (Å²) in [7, 11) is -3.44. The van der Waals surface area contributed by atoms with Crippen LogP contribution in [0.2, 0.25) is 0 Å². The van der Waals surface area contributed by atoms with Gasteiger partial charge < -0.3 is 4.74 Å². The van der Waals surface area contributed by atoms with E-state index in [1.807, 2.05) is 6.92 Å². The third kappa shape index (κ3) is 4.02. The SMILES string of the molecule is Cc1ccc(S(=O)(=O)NCCC2CCOC2)c(Br)c1. The Labute approximate surface area is 122 Å². The average Bonchev–Trinajstić information content (AvgIpc) is 2.81. The largest absolute Gasteiger partial charge is 0.381 e. The summed E-state index contributed by atoms with van der Waals surface area (Å²) in [5, 5.41) is 0. The molecule has 4 nitrogen and oxygen atoms in total. The molecule has 6 heteroatoms. The molecule has 1 heterocycles. The lowest BCUT2D eigenvalue weighted by Crippen LogP contribution is -2.26. The van der Waals surface area contributed by atoms with Crippen LogP contribution in [0.5, 0.6) is 0 Å². The minimum atomic E-state index is -3.44. The van der Waals surface area contributed by atoms with Gasteiger partial charge in [-0.3, -0.25) is 0 Å². The van der Waals surface area contributed by atoms with Gasteiger partial charge in [-0.1, -0.05) is 6.07 Å². The van der Waals surface area contributed by atoms with E-state index in [0.29, 0.717) is 21.8 Å². The number of sulfonamides is 1. The molecule has 1 saturated heterocycles. The van der Waals surface area contributed by atoms with E-state index in [0.717, 1.165) is 31.6 Å². The fourth-order valence-corrected chi connectivity index (χ4v) is 4.35. The number of nitrogens with one attached hydrogen (secondary N) is 1. The van der Waals surface area contributed by atoms with Gasteiger partial charge in [0.2, 0.25) is 10.0 Å². The molecule has 1 aliphatic heterocycles. The van der Waals surface area contributed by atoms with Gasteiger partial charge in [0.15, 0.2) is 0 Å². The van der Waals surface area contributed by atoms with E-state index in [9.17, 15) is 8.42 Å². The van der Waals surface area contributed by atoms with Gasteiger partial charge in [-0.15, -0.1) is 0 Å². The first kappa shape index (κ1) is 15.0. The summed E-state index contributed by atoms with van der Waals surface area (Å²) in [5.41, 5.74) is 1.02. The zero-order chi connectivity index (χ0) is 13.9. The zero-order valence-electron chi connectivity index (χ0n) is 10.9. The smallest absolute Gasteiger partial charge is 0.241 e. The van der Waals surface area contributed by atoms with Crippen molar-refractivity contribution in [3.63, 3.8) is 0 Å². The molecule has 1 fully saturated rings. The fraction of sp³-hybridized carbons (Fsp3) is 0.538. The summed E-state index contributed by atoms with van der Waals surface area (Å²) in [6.45, 7) is 3.92. The fourth-order valence-electron chi connectivity index (χ4n) is 2.11. The molecule has 19 heavy (non-hydrogen) atoms. The molecule has 2 rings (SSSR count). The quantitative estimate of drug-likeness (QED) is 0.889. The second kappa shape index (κ2) is 6.35. The lowest BCUT2D eigenvalue weighted by molar-refractivity contribution is 0.184. The summed E-state index contributed by atoms with van der Waals surface area (Å²) in [5.74, 6) is 0.476. The first-order valence-corrected chi connectivity index (χ1v) is 8.60. The average molecular weight is 348 g/mol. The Morgan fingerprint density at radius 3 is 2.89 bits per heavy atom. The normalized spacial score (nSPS) is 19.8. The maximum Gasteiger partial charge on any atom is 0.241 e. The number of hydrogen-bond donors (Lipinski definition) is 1. The summed E-state index contributed by atoms with van der Waals surface area (Å²) in [6, 6.07) is 5.23. The van der Waals surface area contributed by atoms with E-state index in [1.54, 1.807) is 18.2 Å². The molecule has 0 amide bonds. The number of benzene rings is 1. The molecule has 1 N–H and O–H groups in total. The van der Waals surface area contributed by atoms with Crippen molar-refractivity contribution in [1.29, 1.82) is 0 Å². The molecule has 106 valence electrons. The molecule has 0 aromatic heterocycles. The third-order valence-electron chi connectivity index (χ3n) is 3.25. The Morgan fingerprint density at radius 2 is 2.26 bits per heavy atom. The Balaban J connectivity index is 1.97. The second-order valence-corrected chi connectivity index (χ2v) is 7.44. The van der Waals surface area contributed by atoms with Crippen molar-refractivity contribution in [1.82, 2.24) is 4.72 Å². The van der Waals surface area contributed by atoms with Crippen LogP contribution >= 0.6 is 15.9 Å². The number of hydrogen-bond acceptors (Lipinski definition) is 3. The van der Waals surface area contributed by atoms with Crippen LogP contribution in [0.1, 0.15) is 18.4 Å². The minimum Gasteiger partial charge on any atom is -0.381 e. The molecular formula is C13H18BrNO3S. The topological polar surface area (TPSA) is 55.4 Å². The Kier molecular flexibility index (Phi) is 5.00. The molecule has 1 aliphatic rings. The van der Waals surface area contributed by atoms with E-state index in [4.69, 9.17) is 4.74 Å². The van der Waals surface area contributed by atoms with Gasteiger partial charge in [0.05, 0.1) is 4.90 Å². The van der Waals surface area contributed by atoms with Crippen molar-refractivity contribution in [2.75, 3.05) is 19.8 Å². The maximum atomic E-state index is 12.2. The van der Waals surface area contributed by atoms with Crippen molar-refractivity contribution in [3.8, 4) is 0 Å². The number of rotatable bonds is 5. The van der Waals surface area contributed by atoms with Gasteiger partial charge in [0.1, 0.15) is 0 Å². The van der Waals surface area contributed by atoms with Crippen LogP contribution in [0.15, 0.2) is 27.6 Å². The van der Waals surface area contributed by atoms with Gasteiger partial charge in [-0.2, -0.15) is 0 Å². The zero-order valence-corrected chi connectivity index (χ0v) is 13.3. The molecule has 0 spiro atoms. The number of halogens is 1. The molecule has 1 unspecified atom stereocenters. The minimum absolute atomic E-state index is 0.292. The van der Waals surface area contributed by atoms with E-state index in [1.165, 1.54) is 0 Å². The standard InChI is InChI=1S/C13H18BrNO3S/c1-10-2-3-13(12(14)8-10)19(16,17)15-6-4-11-5-7-18-9-11/h2-3,8,11,15H,4-7,9H2,1H3. The lowest BCUT2D eigenvalue weighted by Gasteiger charge is -2.11. The van der Waals surface area contributed by atoms with E-state index >= 15 is 0 Å². The van der Waals surface area contributed by atoms with Crippen molar-refractivity contribution in [2.24, 2.45) is 5.92 Å². The van der Waals surface area contributed by atoms with Crippen LogP contribution < -0.4 is 4.72 Å². The predicted octanol–water partition coefficient (Wildman–Crippen LogP) is 2.46. The predicted molar refractivity (Wildman–Crippen MR) is 77.6 cm³/mol. The highest BCUT2D eigenvalue weighted by Crippen LogP contribution is 2.23. The lowest BCUT2D eigenvalue weighted by atomic mass is 10.1. The molecule has 0 aliphatic carbocycles. The van der Waals surface area contributed by atoms with Gasteiger partial charge >= 0.3 is 0 Å². The molecular weight excluding hydrogens is 330 g/mol.